The van der Waals surface area contributed by atoms with E-state index >= 15 is 0 Å². The molecule has 1 saturated heterocycles. The van der Waals surface area contributed by atoms with Crippen LogP contribution in [-0.2, 0) is 17.5 Å². The van der Waals surface area contributed by atoms with Crippen LogP contribution in [0.5, 0.6) is 0 Å². The highest BCUT2D eigenvalue weighted by molar-refractivity contribution is 5.81. The number of hydrogen-bond acceptors (Lipinski definition) is 2. The number of fused-ring (bicyclic) bond motifs is 1. The van der Waals surface area contributed by atoms with Crippen LogP contribution >= 0.6 is 0 Å². The molecule has 1 aromatic carbocycles. The van der Waals surface area contributed by atoms with Crippen LogP contribution in [0.15, 0.2) is 29.1 Å². The van der Waals surface area contributed by atoms with Crippen molar-refractivity contribution in [1.29, 1.82) is 0 Å². The van der Waals surface area contributed by atoms with Crippen molar-refractivity contribution < 1.29 is 18.0 Å². The van der Waals surface area contributed by atoms with E-state index < -0.39 is 17.3 Å². The first kappa shape index (κ1) is 20.4. The number of benzene rings is 1. The molecule has 0 bridgehead atoms. The van der Waals surface area contributed by atoms with Crippen molar-refractivity contribution in [3.05, 3.63) is 45.7 Å². The molecule has 2 heterocycles. The molecule has 152 valence electrons. The summed E-state index contributed by atoms with van der Waals surface area (Å²) in [5, 5.41) is 0.269. The molecule has 1 aliphatic heterocycles. The van der Waals surface area contributed by atoms with Crippen LogP contribution in [0.4, 0.5) is 13.2 Å². The van der Waals surface area contributed by atoms with Crippen LogP contribution in [0.25, 0.3) is 10.9 Å². The zero-order valence-corrected chi connectivity index (χ0v) is 16.3. The van der Waals surface area contributed by atoms with Crippen molar-refractivity contribution in [3.63, 3.8) is 0 Å². The molecule has 3 rings (SSSR count). The Labute approximate surface area is 161 Å². The van der Waals surface area contributed by atoms with Gasteiger partial charge in [-0.3, -0.25) is 9.59 Å². The predicted molar refractivity (Wildman–Crippen MR) is 102 cm³/mol. The number of amides is 1. The summed E-state index contributed by atoms with van der Waals surface area (Å²) in [6.07, 6.45) is -2.54. The lowest BCUT2D eigenvalue weighted by Crippen LogP contribution is -2.41. The molecule has 2 aromatic rings. The van der Waals surface area contributed by atoms with Gasteiger partial charge in [0.1, 0.15) is 5.69 Å². The van der Waals surface area contributed by atoms with E-state index in [9.17, 15) is 22.8 Å². The molecule has 2 atom stereocenters. The average Bonchev–Trinajstić information content (AvgIpc) is 3.09. The zero-order valence-electron chi connectivity index (χ0n) is 16.3. The fourth-order valence-corrected chi connectivity index (χ4v) is 3.91. The van der Waals surface area contributed by atoms with Gasteiger partial charge in [0.25, 0.3) is 0 Å². The Morgan fingerprint density at radius 3 is 2.64 bits per heavy atom. The van der Waals surface area contributed by atoms with E-state index in [1.165, 1.54) is 4.57 Å². The summed E-state index contributed by atoms with van der Waals surface area (Å²) in [4.78, 5) is 26.7. The SMILES string of the molecule is CC[C@H](C)C(=O)N1CCC[C@@H]1Cn1c(C(F)(F)F)cc(=O)c2cc(C)ccc21. The number of halogens is 3. The molecule has 0 N–H and O–H groups in total. The first-order chi connectivity index (χ1) is 13.1. The van der Waals surface area contributed by atoms with E-state index in [-0.39, 0.29) is 35.3 Å². The topological polar surface area (TPSA) is 42.3 Å². The molecule has 28 heavy (non-hydrogen) atoms. The second kappa shape index (κ2) is 7.60. The third-order valence-electron chi connectivity index (χ3n) is 5.64. The van der Waals surface area contributed by atoms with Crippen LogP contribution in [0, 0.1) is 12.8 Å². The standard InChI is InChI=1S/C21H25F3N2O2/c1-4-14(3)20(28)25-9-5-6-15(25)12-26-17-8-7-13(2)10-16(17)18(27)11-19(26)21(22,23)24/h7-8,10-11,14-15H,4-6,9,12H2,1-3H3/t14-,15+/m0/s1. The summed E-state index contributed by atoms with van der Waals surface area (Å²) in [5.41, 5.74) is -0.531. The molecule has 1 amide bonds. The quantitative estimate of drug-likeness (QED) is 0.773. The first-order valence-corrected chi connectivity index (χ1v) is 9.65. The number of pyridine rings is 1. The Morgan fingerprint density at radius 1 is 1.29 bits per heavy atom. The number of nitrogens with zero attached hydrogens (tertiary/aromatic N) is 2. The Kier molecular flexibility index (Phi) is 5.55. The van der Waals surface area contributed by atoms with Crippen LogP contribution < -0.4 is 5.43 Å². The van der Waals surface area contributed by atoms with Crippen molar-refractivity contribution >= 4 is 16.8 Å². The van der Waals surface area contributed by atoms with E-state index in [1.54, 1.807) is 30.0 Å². The Morgan fingerprint density at radius 2 is 2.00 bits per heavy atom. The van der Waals surface area contributed by atoms with Gasteiger partial charge in [0.2, 0.25) is 5.91 Å². The monoisotopic (exact) mass is 394 g/mol. The Hall–Kier alpha value is -2.31. The molecule has 1 fully saturated rings. The Balaban J connectivity index is 2.10. The summed E-state index contributed by atoms with van der Waals surface area (Å²) in [6, 6.07) is 5.25. The number of rotatable bonds is 4. The van der Waals surface area contributed by atoms with Crippen molar-refractivity contribution in [3.8, 4) is 0 Å². The minimum atomic E-state index is -4.65. The van der Waals surface area contributed by atoms with Gasteiger partial charge in [-0.1, -0.05) is 25.5 Å². The average molecular weight is 394 g/mol. The Bertz CT molecular complexity index is 949. The van der Waals surface area contributed by atoms with E-state index in [0.717, 1.165) is 12.0 Å². The van der Waals surface area contributed by atoms with Gasteiger partial charge in [-0.25, -0.2) is 0 Å². The first-order valence-electron chi connectivity index (χ1n) is 9.65. The molecule has 4 nitrogen and oxygen atoms in total. The van der Waals surface area contributed by atoms with Gasteiger partial charge in [0.05, 0.1) is 5.52 Å². The fourth-order valence-electron chi connectivity index (χ4n) is 3.91. The zero-order chi connectivity index (χ0) is 20.6. The van der Waals surface area contributed by atoms with Crippen LogP contribution in [-0.4, -0.2) is 28.0 Å². The molecule has 0 radical (unpaired) electrons. The van der Waals surface area contributed by atoms with Crippen LogP contribution in [0.1, 0.15) is 44.4 Å². The lowest BCUT2D eigenvalue weighted by atomic mass is 10.1. The molecule has 0 aliphatic carbocycles. The third-order valence-corrected chi connectivity index (χ3v) is 5.64. The second-order valence-electron chi connectivity index (χ2n) is 7.66. The minimum Gasteiger partial charge on any atom is -0.338 e. The van der Waals surface area contributed by atoms with Gasteiger partial charge in [0, 0.05) is 36.5 Å². The molecule has 1 aromatic heterocycles. The van der Waals surface area contributed by atoms with E-state index in [2.05, 4.69) is 0 Å². The van der Waals surface area contributed by atoms with Gasteiger partial charge in [0.15, 0.2) is 5.43 Å². The molecule has 0 saturated carbocycles. The van der Waals surface area contributed by atoms with Crippen molar-refractivity contribution in [2.45, 2.75) is 58.8 Å². The summed E-state index contributed by atoms with van der Waals surface area (Å²) in [7, 11) is 0. The van der Waals surface area contributed by atoms with Gasteiger partial charge >= 0.3 is 6.18 Å². The number of carbonyl (C=O) groups excluding carboxylic acids is 1. The lowest BCUT2D eigenvalue weighted by Gasteiger charge is -2.29. The minimum absolute atomic E-state index is 0.0141. The molecule has 7 heteroatoms. The number of likely N-dealkylation sites (tertiary alicyclic amines) is 1. The number of hydrogen-bond donors (Lipinski definition) is 0. The molecular weight excluding hydrogens is 369 g/mol. The van der Waals surface area contributed by atoms with E-state index in [1.807, 2.05) is 13.8 Å². The van der Waals surface area contributed by atoms with E-state index in [0.29, 0.717) is 25.5 Å². The summed E-state index contributed by atoms with van der Waals surface area (Å²) >= 11 is 0. The van der Waals surface area contributed by atoms with Gasteiger partial charge in [-0.2, -0.15) is 13.2 Å². The highest BCUT2D eigenvalue weighted by atomic mass is 19.4. The predicted octanol–water partition coefficient (Wildman–Crippen LogP) is 4.37. The van der Waals surface area contributed by atoms with E-state index in [4.69, 9.17) is 0 Å². The number of carbonyl (C=O) groups is 1. The van der Waals surface area contributed by atoms with Crippen molar-refractivity contribution in [2.75, 3.05) is 6.54 Å². The maximum atomic E-state index is 13.7. The maximum Gasteiger partial charge on any atom is 0.431 e. The highest BCUT2D eigenvalue weighted by Crippen LogP contribution is 2.32. The van der Waals surface area contributed by atoms with Crippen molar-refractivity contribution in [2.24, 2.45) is 5.92 Å². The normalized spacial score (nSPS) is 18.6. The number of alkyl halides is 3. The second-order valence-corrected chi connectivity index (χ2v) is 7.66. The maximum absolute atomic E-state index is 13.7. The van der Waals surface area contributed by atoms with Crippen molar-refractivity contribution in [1.82, 2.24) is 9.47 Å². The largest absolute Gasteiger partial charge is 0.431 e. The van der Waals surface area contributed by atoms with Crippen LogP contribution in [0.2, 0.25) is 0 Å². The van der Waals surface area contributed by atoms with Gasteiger partial charge in [-0.15, -0.1) is 0 Å². The summed E-state index contributed by atoms with van der Waals surface area (Å²) in [5.74, 6) is -0.171. The molecular formula is C21H25F3N2O2. The summed E-state index contributed by atoms with van der Waals surface area (Å²) in [6.45, 7) is 6.15. The summed E-state index contributed by atoms with van der Waals surface area (Å²) < 4.78 is 42.3. The van der Waals surface area contributed by atoms with Gasteiger partial charge < -0.3 is 9.47 Å². The van der Waals surface area contributed by atoms with Gasteiger partial charge in [-0.05, 0) is 38.3 Å². The number of aromatic nitrogens is 1. The fraction of sp³-hybridized carbons (Fsp3) is 0.524. The highest BCUT2D eigenvalue weighted by Gasteiger charge is 2.37. The molecule has 0 unspecified atom stereocenters. The molecule has 0 spiro atoms. The third kappa shape index (κ3) is 3.80. The van der Waals surface area contributed by atoms with Crippen LogP contribution in [0.3, 0.4) is 0 Å². The lowest BCUT2D eigenvalue weighted by molar-refractivity contribution is -0.144. The molecule has 1 aliphatic rings. The number of aryl methyl sites for hydroxylation is 1. The smallest absolute Gasteiger partial charge is 0.338 e.